The van der Waals surface area contributed by atoms with Gasteiger partial charge in [0.25, 0.3) is 0 Å². The molecule has 0 aliphatic carbocycles. The van der Waals surface area contributed by atoms with E-state index in [0.29, 0.717) is 11.7 Å². The molecule has 1 heterocycles. The van der Waals surface area contributed by atoms with Crippen molar-refractivity contribution in [3.63, 3.8) is 0 Å². The summed E-state index contributed by atoms with van der Waals surface area (Å²) in [4.78, 5) is 11.4. The Morgan fingerprint density at radius 2 is 2.14 bits per heavy atom. The molecule has 2 aromatic rings. The summed E-state index contributed by atoms with van der Waals surface area (Å²) in [6.07, 6.45) is 1.60. The number of nitrogens with one attached hydrogen (secondary N) is 1. The Balaban J connectivity index is 1.72. The van der Waals surface area contributed by atoms with Crippen LogP contribution in [0.1, 0.15) is 18.4 Å². The second-order valence-electron chi connectivity index (χ2n) is 4.37. The van der Waals surface area contributed by atoms with Crippen LogP contribution in [-0.4, -0.2) is 28.1 Å². The number of aryl methyl sites for hydroxylation is 1. The lowest BCUT2D eigenvalue weighted by atomic mass is 10.3. The van der Waals surface area contributed by atoms with Crippen LogP contribution >= 0.6 is 22.9 Å². The number of carbonyl (C=O) groups excluding carboxylic acids is 1. The molecule has 5 nitrogen and oxygen atoms in total. The van der Waals surface area contributed by atoms with Crippen LogP contribution < -0.4 is 10.1 Å². The minimum Gasteiger partial charge on any atom is -0.494 e. The second kappa shape index (κ2) is 7.95. The number of rotatable bonds is 7. The fourth-order valence-corrected chi connectivity index (χ4v) is 2.38. The average molecular weight is 326 g/mol. The number of benzene rings is 1. The minimum atomic E-state index is -0.586. The highest BCUT2D eigenvalue weighted by Gasteiger charge is 2.12. The Morgan fingerprint density at radius 1 is 1.38 bits per heavy atom. The maximum Gasteiger partial charge on any atom is 0.243 e. The molecular formula is C14H16ClN3O2S. The van der Waals surface area contributed by atoms with Gasteiger partial charge in [-0.1, -0.05) is 29.5 Å². The van der Waals surface area contributed by atoms with Crippen LogP contribution in [0.15, 0.2) is 30.3 Å². The Kier molecular flexibility index (Phi) is 5.95. The van der Waals surface area contributed by atoms with Gasteiger partial charge >= 0.3 is 0 Å². The first-order valence-electron chi connectivity index (χ1n) is 6.60. The molecule has 0 radical (unpaired) electrons. The highest BCUT2D eigenvalue weighted by Crippen LogP contribution is 2.17. The van der Waals surface area contributed by atoms with E-state index >= 15 is 0 Å². The molecule has 1 aromatic heterocycles. The molecule has 7 heteroatoms. The monoisotopic (exact) mass is 325 g/mol. The first kappa shape index (κ1) is 15.7. The van der Waals surface area contributed by atoms with Crippen molar-refractivity contribution in [3.05, 3.63) is 35.3 Å². The fourth-order valence-electron chi connectivity index (χ4n) is 1.54. The largest absolute Gasteiger partial charge is 0.494 e. The molecule has 0 fully saturated rings. The van der Waals surface area contributed by atoms with Gasteiger partial charge in [-0.15, -0.1) is 21.8 Å². The molecule has 2 rings (SSSR count). The number of carbonyl (C=O) groups is 1. The van der Waals surface area contributed by atoms with Crippen LogP contribution in [-0.2, 0) is 11.2 Å². The predicted molar refractivity (Wildman–Crippen MR) is 84.1 cm³/mol. The van der Waals surface area contributed by atoms with E-state index in [2.05, 4.69) is 15.5 Å². The molecule has 1 atom stereocenters. The maximum atomic E-state index is 11.4. The Hall–Kier alpha value is -1.66. The van der Waals surface area contributed by atoms with Crippen LogP contribution in [0.25, 0.3) is 0 Å². The Labute approximate surface area is 132 Å². The van der Waals surface area contributed by atoms with Gasteiger partial charge in [-0.05, 0) is 25.5 Å². The topological polar surface area (TPSA) is 64.1 Å². The average Bonchev–Trinajstić information content (AvgIpc) is 2.92. The molecule has 21 heavy (non-hydrogen) atoms. The molecule has 112 valence electrons. The molecule has 0 bridgehead atoms. The molecule has 0 saturated carbocycles. The number of hydrogen-bond acceptors (Lipinski definition) is 5. The summed E-state index contributed by atoms with van der Waals surface area (Å²) >= 11 is 7.03. The van der Waals surface area contributed by atoms with E-state index in [1.807, 2.05) is 30.3 Å². The lowest BCUT2D eigenvalue weighted by Gasteiger charge is -2.04. The molecule has 0 aliphatic rings. The molecule has 0 spiro atoms. The zero-order valence-corrected chi connectivity index (χ0v) is 13.2. The third kappa shape index (κ3) is 5.32. The van der Waals surface area contributed by atoms with Crippen molar-refractivity contribution in [2.45, 2.75) is 25.1 Å². The van der Waals surface area contributed by atoms with Crippen molar-refractivity contribution in [1.82, 2.24) is 10.2 Å². The van der Waals surface area contributed by atoms with Crippen LogP contribution in [0.5, 0.6) is 5.75 Å². The summed E-state index contributed by atoms with van der Waals surface area (Å²) in [6.45, 7) is 2.23. The highest BCUT2D eigenvalue weighted by atomic mass is 35.5. The van der Waals surface area contributed by atoms with Gasteiger partial charge in [-0.2, -0.15) is 0 Å². The number of alkyl halides is 1. The van der Waals surface area contributed by atoms with Crippen molar-refractivity contribution >= 4 is 34.0 Å². The summed E-state index contributed by atoms with van der Waals surface area (Å²) in [7, 11) is 0. The van der Waals surface area contributed by atoms with Crippen LogP contribution in [0.3, 0.4) is 0 Å². The molecule has 1 N–H and O–H groups in total. The normalized spacial score (nSPS) is 11.9. The number of para-hydroxylation sites is 1. The van der Waals surface area contributed by atoms with Gasteiger partial charge in [0.15, 0.2) is 0 Å². The summed E-state index contributed by atoms with van der Waals surface area (Å²) in [5, 5.41) is 11.3. The van der Waals surface area contributed by atoms with Gasteiger partial charge in [0.05, 0.1) is 6.61 Å². The number of aromatic nitrogens is 2. The summed E-state index contributed by atoms with van der Waals surface area (Å²) < 4.78 is 5.60. The lowest BCUT2D eigenvalue weighted by Crippen LogP contribution is -2.20. The van der Waals surface area contributed by atoms with Crippen molar-refractivity contribution in [2.24, 2.45) is 0 Å². The van der Waals surface area contributed by atoms with Crippen LogP contribution in [0.2, 0.25) is 0 Å². The van der Waals surface area contributed by atoms with Crippen molar-refractivity contribution in [1.29, 1.82) is 0 Å². The van der Waals surface area contributed by atoms with E-state index in [0.717, 1.165) is 23.6 Å². The zero-order valence-electron chi connectivity index (χ0n) is 11.6. The van der Waals surface area contributed by atoms with Crippen LogP contribution in [0.4, 0.5) is 5.13 Å². The highest BCUT2D eigenvalue weighted by molar-refractivity contribution is 7.15. The van der Waals surface area contributed by atoms with Gasteiger partial charge in [0, 0.05) is 6.42 Å². The standard InChI is InChI=1S/C14H16ClN3O2S/c1-10(15)13(19)16-14-18-17-12(21-14)8-5-9-20-11-6-3-2-4-7-11/h2-4,6-7,10H,5,8-9H2,1H3,(H,16,18,19). The van der Waals surface area contributed by atoms with Crippen molar-refractivity contribution in [2.75, 3.05) is 11.9 Å². The molecule has 1 amide bonds. The van der Waals surface area contributed by atoms with E-state index in [1.165, 1.54) is 11.3 Å². The Morgan fingerprint density at radius 3 is 2.86 bits per heavy atom. The smallest absolute Gasteiger partial charge is 0.243 e. The van der Waals surface area contributed by atoms with E-state index in [-0.39, 0.29) is 5.91 Å². The van der Waals surface area contributed by atoms with Gasteiger partial charge in [-0.25, -0.2) is 0 Å². The lowest BCUT2D eigenvalue weighted by molar-refractivity contribution is -0.115. The maximum absolute atomic E-state index is 11.4. The molecule has 0 aliphatic heterocycles. The Bertz CT molecular complexity index is 575. The summed E-state index contributed by atoms with van der Waals surface area (Å²) in [6, 6.07) is 9.67. The van der Waals surface area contributed by atoms with Gasteiger partial charge in [0.1, 0.15) is 16.1 Å². The van der Waals surface area contributed by atoms with Gasteiger partial charge in [-0.3, -0.25) is 10.1 Å². The molecule has 1 aromatic carbocycles. The fraction of sp³-hybridized carbons (Fsp3) is 0.357. The van der Waals surface area contributed by atoms with E-state index in [4.69, 9.17) is 16.3 Å². The predicted octanol–water partition coefficient (Wildman–Crippen LogP) is 3.12. The first-order valence-corrected chi connectivity index (χ1v) is 7.85. The zero-order chi connectivity index (χ0) is 15.1. The number of anilines is 1. The minimum absolute atomic E-state index is 0.272. The van der Waals surface area contributed by atoms with Gasteiger partial charge in [0.2, 0.25) is 11.0 Å². The van der Waals surface area contributed by atoms with Gasteiger partial charge < -0.3 is 4.74 Å². The number of amides is 1. The molecule has 0 saturated heterocycles. The number of halogens is 1. The number of hydrogen-bond donors (Lipinski definition) is 1. The van der Waals surface area contributed by atoms with Crippen molar-refractivity contribution < 1.29 is 9.53 Å². The van der Waals surface area contributed by atoms with Crippen LogP contribution in [0, 0.1) is 0 Å². The molecule has 1 unspecified atom stereocenters. The summed E-state index contributed by atoms with van der Waals surface area (Å²) in [5.74, 6) is 0.589. The third-order valence-electron chi connectivity index (χ3n) is 2.61. The van der Waals surface area contributed by atoms with E-state index in [9.17, 15) is 4.79 Å². The van der Waals surface area contributed by atoms with Crippen molar-refractivity contribution in [3.8, 4) is 5.75 Å². The second-order valence-corrected chi connectivity index (χ2v) is 6.09. The first-order chi connectivity index (χ1) is 10.1. The summed E-state index contributed by atoms with van der Waals surface area (Å²) in [5.41, 5.74) is 0. The van der Waals surface area contributed by atoms with E-state index in [1.54, 1.807) is 6.92 Å². The molecular weight excluding hydrogens is 310 g/mol. The SMILES string of the molecule is CC(Cl)C(=O)Nc1nnc(CCCOc2ccccc2)s1. The van der Waals surface area contributed by atoms with E-state index < -0.39 is 5.38 Å². The quantitative estimate of drug-likeness (QED) is 0.627. The number of ether oxygens (including phenoxy) is 1. The number of nitrogens with zero attached hydrogens (tertiary/aromatic N) is 2. The third-order valence-corrected chi connectivity index (χ3v) is 3.70.